The van der Waals surface area contributed by atoms with E-state index < -0.39 is 0 Å². The summed E-state index contributed by atoms with van der Waals surface area (Å²) in [6.45, 7) is 1.40. The van der Waals surface area contributed by atoms with Gasteiger partial charge in [0.05, 0.1) is 5.56 Å². The Kier molecular flexibility index (Phi) is 5.69. The quantitative estimate of drug-likeness (QED) is 0.824. The molecule has 0 saturated carbocycles. The van der Waals surface area contributed by atoms with Gasteiger partial charge in [0.25, 0.3) is 5.91 Å². The van der Waals surface area contributed by atoms with Crippen LogP contribution in [0, 0.1) is 0 Å². The molecule has 0 atom stereocenters. The van der Waals surface area contributed by atoms with Crippen molar-refractivity contribution in [2.24, 2.45) is 0 Å². The van der Waals surface area contributed by atoms with Crippen molar-refractivity contribution in [2.45, 2.75) is 18.9 Å². The van der Waals surface area contributed by atoms with Gasteiger partial charge in [-0.05, 0) is 40.9 Å². The van der Waals surface area contributed by atoms with Crippen LogP contribution in [0.1, 0.15) is 23.2 Å². The SMILES string of the molecule is COCC(=O)N1CCC(NC(=O)c2ccc(Br)nc2)CC1. The fraction of sp³-hybridized carbons (Fsp3) is 0.500. The number of halogens is 1. The molecule has 2 amide bonds. The summed E-state index contributed by atoms with van der Waals surface area (Å²) >= 11 is 3.24. The second kappa shape index (κ2) is 7.51. The molecule has 1 N–H and O–H groups in total. The highest BCUT2D eigenvalue weighted by Gasteiger charge is 2.23. The minimum Gasteiger partial charge on any atom is -0.375 e. The number of nitrogens with one attached hydrogen (secondary N) is 1. The number of ether oxygens (including phenoxy) is 1. The van der Waals surface area contributed by atoms with Crippen molar-refractivity contribution in [3.63, 3.8) is 0 Å². The molecule has 1 aromatic heterocycles. The highest BCUT2D eigenvalue weighted by Crippen LogP contribution is 2.12. The summed E-state index contributed by atoms with van der Waals surface area (Å²) < 4.78 is 5.54. The lowest BCUT2D eigenvalue weighted by molar-refractivity contribution is -0.136. The standard InChI is InChI=1S/C14H18BrN3O3/c1-21-9-13(19)18-6-4-11(5-7-18)17-14(20)10-2-3-12(15)16-8-10/h2-3,8,11H,4-7,9H2,1H3,(H,17,20). The van der Waals surface area contributed by atoms with E-state index in [0.717, 1.165) is 12.8 Å². The number of carbonyl (C=O) groups excluding carboxylic acids is 2. The van der Waals surface area contributed by atoms with Crippen LogP contribution in [0.2, 0.25) is 0 Å². The highest BCUT2D eigenvalue weighted by atomic mass is 79.9. The molecular weight excluding hydrogens is 338 g/mol. The van der Waals surface area contributed by atoms with E-state index >= 15 is 0 Å². The lowest BCUT2D eigenvalue weighted by atomic mass is 10.0. The molecule has 0 radical (unpaired) electrons. The van der Waals surface area contributed by atoms with Gasteiger partial charge in [-0.2, -0.15) is 0 Å². The number of hydrogen-bond donors (Lipinski definition) is 1. The third kappa shape index (κ3) is 4.50. The number of methoxy groups -OCH3 is 1. The first-order chi connectivity index (χ1) is 10.1. The zero-order valence-corrected chi connectivity index (χ0v) is 13.4. The molecule has 1 aliphatic rings. The van der Waals surface area contributed by atoms with Crippen LogP contribution in [0.5, 0.6) is 0 Å². The van der Waals surface area contributed by atoms with Crippen LogP contribution in [-0.4, -0.2) is 54.5 Å². The average molecular weight is 356 g/mol. The molecule has 7 heteroatoms. The second-order valence-corrected chi connectivity index (χ2v) is 5.74. The van der Waals surface area contributed by atoms with Crippen LogP contribution in [0.3, 0.4) is 0 Å². The molecule has 6 nitrogen and oxygen atoms in total. The number of piperidine rings is 1. The van der Waals surface area contributed by atoms with Gasteiger partial charge in [0.1, 0.15) is 11.2 Å². The first-order valence-electron chi connectivity index (χ1n) is 6.79. The van der Waals surface area contributed by atoms with Crippen LogP contribution in [-0.2, 0) is 9.53 Å². The maximum Gasteiger partial charge on any atom is 0.253 e. The third-order valence-electron chi connectivity index (χ3n) is 3.44. The Morgan fingerprint density at radius 2 is 2.14 bits per heavy atom. The summed E-state index contributed by atoms with van der Waals surface area (Å²) in [4.78, 5) is 29.6. The van der Waals surface area contributed by atoms with Gasteiger partial charge in [-0.25, -0.2) is 4.98 Å². The van der Waals surface area contributed by atoms with E-state index in [1.54, 1.807) is 17.0 Å². The van der Waals surface area contributed by atoms with Gasteiger partial charge in [0, 0.05) is 32.4 Å². The number of aromatic nitrogens is 1. The molecule has 0 aromatic carbocycles. The number of carbonyl (C=O) groups is 2. The van der Waals surface area contributed by atoms with E-state index in [1.807, 2.05) is 0 Å². The van der Waals surface area contributed by atoms with E-state index in [1.165, 1.54) is 13.3 Å². The molecule has 0 bridgehead atoms. The predicted molar refractivity (Wildman–Crippen MR) is 80.9 cm³/mol. The summed E-state index contributed by atoms with van der Waals surface area (Å²) in [5.74, 6) is -0.129. The molecule has 1 aromatic rings. The summed E-state index contributed by atoms with van der Waals surface area (Å²) in [7, 11) is 1.51. The Hall–Kier alpha value is -1.47. The van der Waals surface area contributed by atoms with Crippen molar-refractivity contribution in [1.29, 1.82) is 0 Å². The first kappa shape index (κ1) is 15.9. The van der Waals surface area contributed by atoms with Gasteiger partial charge in [0.15, 0.2) is 0 Å². The zero-order valence-electron chi connectivity index (χ0n) is 11.8. The Morgan fingerprint density at radius 1 is 1.43 bits per heavy atom. The Bertz CT molecular complexity index is 499. The predicted octanol–water partition coefficient (Wildman–Crippen LogP) is 1.21. The molecule has 1 fully saturated rings. The van der Waals surface area contributed by atoms with Crippen LogP contribution >= 0.6 is 15.9 Å². The topological polar surface area (TPSA) is 71.5 Å². The summed E-state index contributed by atoms with van der Waals surface area (Å²) in [6.07, 6.45) is 3.05. The lowest BCUT2D eigenvalue weighted by Gasteiger charge is -2.32. The Labute approximate surface area is 132 Å². The van der Waals surface area contributed by atoms with Gasteiger partial charge in [-0.3, -0.25) is 9.59 Å². The van der Waals surface area contributed by atoms with Gasteiger partial charge in [-0.1, -0.05) is 0 Å². The van der Waals surface area contributed by atoms with E-state index in [9.17, 15) is 9.59 Å². The number of amides is 2. The maximum atomic E-state index is 12.1. The molecule has 21 heavy (non-hydrogen) atoms. The molecule has 1 saturated heterocycles. The molecule has 0 spiro atoms. The smallest absolute Gasteiger partial charge is 0.253 e. The van der Waals surface area contributed by atoms with Crippen molar-refractivity contribution in [3.05, 3.63) is 28.5 Å². The van der Waals surface area contributed by atoms with Crippen LogP contribution in [0.15, 0.2) is 22.9 Å². The maximum absolute atomic E-state index is 12.1. The minimum atomic E-state index is -0.128. The van der Waals surface area contributed by atoms with Crippen molar-refractivity contribution in [2.75, 3.05) is 26.8 Å². The molecule has 1 aliphatic heterocycles. The largest absolute Gasteiger partial charge is 0.375 e. The summed E-state index contributed by atoms with van der Waals surface area (Å²) in [6, 6.07) is 3.55. The minimum absolute atomic E-state index is 0.000568. The van der Waals surface area contributed by atoms with Crippen molar-refractivity contribution in [1.82, 2.24) is 15.2 Å². The van der Waals surface area contributed by atoms with E-state index in [0.29, 0.717) is 23.3 Å². The zero-order chi connectivity index (χ0) is 15.2. The fourth-order valence-electron chi connectivity index (χ4n) is 2.27. The number of rotatable bonds is 4. The van der Waals surface area contributed by atoms with Gasteiger partial charge in [0.2, 0.25) is 5.91 Å². The summed E-state index contributed by atoms with van der Waals surface area (Å²) in [5, 5.41) is 2.98. The van der Waals surface area contributed by atoms with E-state index in [4.69, 9.17) is 4.74 Å². The molecule has 0 aliphatic carbocycles. The second-order valence-electron chi connectivity index (χ2n) is 4.93. The average Bonchev–Trinajstić information content (AvgIpc) is 2.49. The monoisotopic (exact) mass is 355 g/mol. The number of pyridine rings is 1. The summed E-state index contributed by atoms with van der Waals surface area (Å²) in [5.41, 5.74) is 0.538. The highest BCUT2D eigenvalue weighted by molar-refractivity contribution is 9.10. The van der Waals surface area contributed by atoms with Gasteiger partial charge < -0.3 is 15.0 Å². The normalized spacial score (nSPS) is 15.8. The van der Waals surface area contributed by atoms with Crippen molar-refractivity contribution in [3.8, 4) is 0 Å². The Morgan fingerprint density at radius 3 is 2.71 bits per heavy atom. The van der Waals surface area contributed by atoms with Crippen LogP contribution in [0.4, 0.5) is 0 Å². The number of hydrogen-bond acceptors (Lipinski definition) is 4. The van der Waals surface area contributed by atoms with Crippen molar-refractivity contribution >= 4 is 27.7 Å². The van der Waals surface area contributed by atoms with Gasteiger partial charge in [-0.15, -0.1) is 0 Å². The van der Waals surface area contributed by atoms with Gasteiger partial charge >= 0.3 is 0 Å². The third-order valence-corrected chi connectivity index (χ3v) is 3.91. The molecule has 114 valence electrons. The van der Waals surface area contributed by atoms with Crippen LogP contribution < -0.4 is 5.32 Å². The fourth-order valence-corrected chi connectivity index (χ4v) is 2.50. The number of likely N-dealkylation sites (tertiary alicyclic amines) is 1. The van der Waals surface area contributed by atoms with E-state index in [2.05, 4.69) is 26.2 Å². The Balaban J connectivity index is 1.82. The van der Waals surface area contributed by atoms with Crippen LogP contribution in [0.25, 0.3) is 0 Å². The van der Waals surface area contributed by atoms with Crippen molar-refractivity contribution < 1.29 is 14.3 Å². The molecule has 2 rings (SSSR count). The molecule has 2 heterocycles. The lowest BCUT2D eigenvalue weighted by Crippen LogP contribution is -2.47. The first-order valence-corrected chi connectivity index (χ1v) is 7.58. The molecule has 0 unspecified atom stereocenters. The molecular formula is C14H18BrN3O3. The number of nitrogens with zero attached hydrogens (tertiary/aromatic N) is 2. The van der Waals surface area contributed by atoms with E-state index in [-0.39, 0.29) is 24.5 Å².